The predicted octanol–water partition coefficient (Wildman–Crippen LogP) is 3.38. The lowest BCUT2D eigenvalue weighted by Gasteiger charge is -2.13. The summed E-state index contributed by atoms with van der Waals surface area (Å²) in [5, 5.41) is 0. The Morgan fingerprint density at radius 1 is 1.36 bits per heavy atom. The molecule has 14 heavy (non-hydrogen) atoms. The molecule has 0 radical (unpaired) electrons. The van der Waals surface area contributed by atoms with Crippen LogP contribution in [0.3, 0.4) is 0 Å². The minimum absolute atomic E-state index is 0.184. The van der Waals surface area contributed by atoms with Crippen LogP contribution in [0.25, 0.3) is 0 Å². The molecule has 0 atom stereocenters. The number of rotatable bonds is 4. The number of ether oxygens (including phenoxy) is 2. The number of hydrogen-bond acceptors (Lipinski definition) is 2. The Morgan fingerprint density at radius 2 is 2.07 bits per heavy atom. The molecule has 0 bridgehead atoms. The van der Waals surface area contributed by atoms with Crippen molar-refractivity contribution in [3.63, 3.8) is 0 Å². The van der Waals surface area contributed by atoms with Gasteiger partial charge in [-0.05, 0) is 41.4 Å². The molecule has 0 aliphatic rings. The Balaban J connectivity index is 2.89. The van der Waals surface area contributed by atoms with E-state index in [1.54, 1.807) is 7.11 Å². The van der Waals surface area contributed by atoms with Gasteiger partial charge in [-0.1, -0.05) is 12.1 Å². The molecule has 0 unspecified atom stereocenters. The number of hydrogen-bond donors (Lipinski definition) is 0. The van der Waals surface area contributed by atoms with E-state index in [1.807, 2.05) is 32.0 Å². The lowest BCUT2D eigenvalue weighted by atomic mass is 10.2. The fourth-order valence-electron chi connectivity index (χ4n) is 1.17. The van der Waals surface area contributed by atoms with Crippen molar-refractivity contribution in [2.75, 3.05) is 7.11 Å². The van der Waals surface area contributed by atoms with Gasteiger partial charge in [-0.3, -0.25) is 0 Å². The number of benzene rings is 1. The van der Waals surface area contributed by atoms with Gasteiger partial charge in [0.05, 0.1) is 17.2 Å². The molecule has 1 aromatic carbocycles. The maximum Gasteiger partial charge on any atom is 0.134 e. The van der Waals surface area contributed by atoms with Gasteiger partial charge in [-0.25, -0.2) is 0 Å². The monoisotopic (exact) mass is 258 g/mol. The zero-order valence-electron chi connectivity index (χ0n) is 8.71. The van der Waals surface area contributed by atoms with E-state index in [2.05, 4.69) is 15.9 Å². The Hall–Kier alpha value is -0.540. The van der Waals surface area contributed by atoms with Crippen LogP contribution in [0, 0.1) is 0 Å². The molecule has 1 aromatic rings. The second-order valence-corrected chi connectivity index (χ2v) is 4.12. The van der Waals surface area contributed by atoms with Crippen LogP contribution in [0.15, 0.2) is 22.7 Å². The van der Waals surface area contributed by atoms with E-state index in [-0.39, 0.29) is 6.10 Å². The summed E-state index contributed by atoms with van der Waals surface area (Å²) in [5.74, 6) is 0.870. The molecule has 0 aliphatic carbocycles. The van der Waals surface area contributed by atoms with Crippen LogP contribution in [0.1, 0.15) is 19.4 Å². The summed E-state index contributed by atoms with van der Waals surface area (Å²) < 4.78 is 11.7. The fraction of sp³-hybridized carbons (Fsp3) is 0.455. The normalized spacial score (nSPS) is 10.6. The first-order valence-electron chi connectivity index (χ1n) is 4.58. The van der Waals surface area contributed by atoms with Gasteiger partial charge in [0.2, 0.25) is 0 Å². The Morgan fingerprint density at radius 3 is 2.64 bits per heavy atom. The summed E-state index contributed by atoms with van der Waals surface area (Å²) in [6, 6.07) is 5.93. The Kier molecular flexibility index (Phi) is 4.42. The van der Waals surface area contributed by atoms with E-state index in [9.17, 15) is 0 Å². The third-order valence-electron chi connectivity index (χ3n) is 1.71. The van der Waals surface area contributed by atoms with E-state index in [4.69, 9.17) is 9.47 Å². The van der Waals surface area contributed by atoms with Gasteiger partial charge in [0.15, 0.2) is 0 Å². The molecule has 0 aliphatic heterocycles. The van der Waals surface area contributed by atoms with Crippen LogP contribution in [0.2, 0.25) is 0 Å². The third kappa shape index (κ3) is 3.00. The molecule has 3 heteroatoms. The van der Waals surface area contributed by atoms with Crippen molar-refractivity contribution in [1.82, 2.24) is 0 Å². The van der Waals surface area contributed by atoms with Gasteiger partial charge in [0, 0.05) is 7.11 Å². The first-order chi connectivity index (χ1) is 6.65. The van der Waals surface area contributed by atoms with Crippen molar-refractivity contribution >= 4 is 15.9 Å². The van der Waals surface area contributed by atoms with E-state index in [0.29, 0.717) is 6.61 Å². The summed E-state index contributed by atoms with van der Waals surface area (Å²) in [6.07, 6.45) is 0.184. The average molecular weight is 259 g/mol. The van der Waals surface area contributed by atoms with Crippen LogP contribution in [-0.4, -0.2) is 13.2 Å². The van der Waals surface area contributed by atoms with Crippen LogP contribution in [0.5, 0.6) is 5.75 Å². The standard InChI is InChI=1S/C11H15BrO2/c1-8(2)14-10-6-4-5-9(7-13-3)11(10)12/h4-6,8H,7H2,1-3H3. The second-order valence-electron chi connectivity index (χ2n) is 3.33. The van der Waals surface area contributed by atoms with E-state index in [1.165, 1.54) is 0 Å². The second kappa shape index (κ2) is 5.37. The first kappa shape index (κ1) is 11.5. The minimum Gasteiger partial charge on any atom is -0.490 e. The molecular weight excluding hydrogens is 244 g/mol. The quantitative estimate of drug-likeness (QED) is 0.825. The van der Waals surface area contributed by atoms with Crippen molar-refractivity contribution in [3.05, 3.63) is 28.2 Å². The minimum atomic E-state index is 0.184. The van der Waals surface area contributed by atoms with Crippen molar-refractivity contribution in [2.45, 2.75) is 26.6 Å². The Bertz CT molecular complexity index is 297. The van der Waals surface area contributed by atoms with Crippen LogP contribution in [0.4, 0.5) is 0 Å². The lowest BCUT2D eigenvalue weighted by Crippen LogP contribution is -2.06. The summed E-state index contributed by atoms with van der Waals surface area (Å²) in [5.41, 5.74) is 1.10. The molecule has 0 amide bonds. The molecule has 0 N–H and O–H groups in total. The summed E-state index contributed by atoms with van der Waals surface area (Å²) in [4.78, 5) is 0. The van der Waals surface area contributed by atoms with Gasteiger partial charge < -0.3 is 9.47 Å². The van der Waals surface area contributed by atoms with Gasteiger partial charge in [0.25, 0.3) is 0 Å². The number of methoxy groups -OCH3 is 1. The molecule has 0 spiro atoms. The highest BCUT2D eigenvalue weighted by molar-refractivity contribution is 9.10. The molecule has 0 saturated heterocycles. The van der Waals surface area contributed by atoms with Crippen LogP contribution in [-0.2, 0) is 11.3 Å². The van der Waals surface area contributed by atoms with Gasteiger partial charge in [0.1, 0.15) is 5.75 Å². The lowest BCUT2D eigenvalue weighted by molar-refractivity contribution is 0.183. The zero-order chi connectivity index (χ0) is 10.6. The smallest absolute Gasteiger partial charge is 0.134 e. The van der Waals surface area contributed by atoms with Gasteiger partial charge >= 0.3 is 0 Å². The molecule has 0 saturated carbocycles. The molecular formula is C11H15BrO2. The highest BCUT2D eigenvalue weighted by atomic mass is 79.9. The van der Waals surface area contributed by atoms with Gasteiger partial charge in [-0.2, -0.15) is 0 Å². The molecule has 78 valence electrons. The van der Waals surface area contributed by atoms with Gasteiger partial charge in [-0.15, -0.1) is 0 Å². The molecule has 2 nitrogen and oxygen atoms in total. The Labute approximate surface area is 93.4 Å². The fourth-order valence-corrected chi connectivity index (χ4v) is 1.64. The summed E-state index contributed by atoms with van der Waals surface area (Å²) >= 11 is 3.51. The highest BCUT2D eigenvalue weighted by Gasteiger charge is 2.07. The van der Waals surface area contributed by atoms with Crippen molar-refractivity contribution in [3.8, 4) is 5.75 Å². The number of halogens is 1. The SMILES string of the molecule is COCc1cccc(OC(C)C)c1Br. The van der Waals surface area contributed by atoms with Crippen molar-refractivity contribution in [2.24, 2.45) is 0 Å². The first-order valence-corrected chi connectivity index (χ1v) is 5.37. The van der Waals surface area contributed by atoms with Crippen molar-refractivity contribution < 1.29 is 9.47 Å². The van der Waals surface area contributed by atoms with Crippen LogP contribution < -0.4 is 4.74 Å². The highest BCUT2D eigenvalue weighted by Crippen LogP contribution is 2.29. The third-order valence-corrected chi connectivity index (χ3v) is 2.61. The maximum atomic E-state index is 5.63. The topological polar surface area (TPSA) is 18.5 Å². The zero-order valence-corrected chi connectivity index (χ0v) is 10.3. The maximum absolute atomic E-state index is 5.63. The molecule has 1 rings (SSSR count). The summed E-state index contributed by atoms with van der Waals surface area (Å²) in [6.45, 7) is 4.61. The summed E-state index contributed by atoms with van der Waals surface area (Å²) in [7, 11) is 1.68. The average Bonchev–Trinajstić information content (AvgIpc) is 2.11. The molecule has 0 fully saturated rings. The van der Waals surface area contributed by atoms with Crippen LogP contribution >= 0.6 is 15.9 Å². The van der Waals surface area contributed by atoms with Crippen molar-refractivity contribution in [1.29, 1.82) is 0 Å². The molecule has 0 aromatic heterocycles. The van der Waals surface area contributed by atoms with E-state index in [0.717, 1.165) is 15.8 Å². The predicted molar refractivity (Wildman–Crippen MR) is 60.6 cm³/mol. The van der Waals surface area contributed by atoms with E-state index >= 15 is 0 Å². The molecule has 0 heterocycles. The van der Waals surface area contributed by atoms with E-state index < -0.39 is 0 Å². The largest absolute Gasteiger partial charge is 0.490 e.